The first kappa shape index (κ1) is 12.0. The predicted molar refractivity (Wildman–Crippen MR) is 62.6 cm³/mol. The van der Waals surface area contributed by atoms with Gasteiger partial charge in [-0.3, -0.25) is 0 Å². The third kappa shape index (κ3) is 3.54. The van der Waals surface area contributed by atoms with E-state index in [4.69, 9.17) is 10.9 Å². The minimum atomic E-state index is -3.64. The fraction of sp³-hybridized carbons (Fsp3) is 0.125. The molecule has 0 unspecified atom stereocenters. The van der Waals surface area contributed by atoms with E-state index in [1.807, 2.05) is 0 Å². The lowest BCUT2D eigenvalue weighted by molar-refractivity contribution is 0.598. The van der Waals surface area contributed by atoms with Crippen molar-refractivity contribution in [3.63, 3.8) is 0 Å². The van der Waals surface area contributed by atoms with E-state index in [-0.39, 0.29) is 4.90 Å². The van der Waals surface area contributed by atoms with Crippen LogP contribution in [0.15, 0.2) is 34.2 Å². The second kappa shape index (κ2) is 4.65. The molecule has 0 fully saturated rings. The lowest BCUT2D eigenvalue weighted by Crippen LogP contribution is -2.11. The molecule has 1 rings (SSSR count). The minimum Gasteiger partial charge on any atom is -0.378 e. The number of thioether (sulfide) groups is 1. The Morgan fingerprint density at radius 1 is 1.33 bits per heavy atom. The van der Waals surface area contributed by atoms with Crippen LogP contribution >= 0.6 is 11.8 Å². The van der Waals surface area contributed by atoms with Crippen LogP contribution in [0.2, 0.25) is 0 Å². The van der Waals surface area contributed by atoms with E-state index < -0.39 is 10.0 Å². The molecule has 0 atom stereocenters. The second-order valence-corrected chi connectivity index (χ2v) is 5.08. The van der Waals surface area contributed by atoms with Gasteiger partial charge in [0.15, 0.2) is 5.17 Å². The van der Waals surface area contributed by atoms with Gasteiger partial charge in [0.25, 0.3) is 0 Å². The molecule has 0 saturated heterocycles. The molecule has 4 N–H and O–H groups in total. The van der Waals surface area contributed by atoms with Crippen molar-refractivity contribution in [2.24, 2.45) is 15.9 Å². The first-order valence-electron chi connectivity index (χ1n) is 3.94. The molecule has 0 aromatic heterocycles. The van der Waals surface area contributed by atoms with Crippen LogP contribution in [0, 0.1) is 0 Å². The van der Waals surface area contributed by atoms with E-state index >= 15 is 0 Å². The lowest BCUT2D eigenvalue weighted by Gasteiger charge is -1.99. The highest BCUT2D eigenvalue weighted by Gasteiger charge is 2.06. The Hall–Kier alpha value is -1.05. The molecule has 0 heterocycles. The zero-order valence-corrected chi connectivity index (χ0v) is 9.68. The van der Waals surface area contributed by atoms with Crippen LogP contribution in [0.3, 0.4) is 0 Å². The van der Waals surface area contributed by atoms with Crippen LogP contribution in [0.4, 0.5) is 5.69 Å². The summed E-state index contributed by atoms with van der Waals surface area (Å²) in [5, 5.41) is 5.36. The van der Waals surface area contributed by atoms with E-state index in [2.05, 4.69) is 4.99 Å². The van der Waals surface area contributed by atoms with Crippen molar-refractivity contribution in [3.05, 3.63) is 24.3 Å². The minimum absolute atomic E-state index is 0.0594. The van der Waals surface area contributed by atoms with Gasteiger partial charge in [0.1, 0.15) is 0 Å². The van der Waals surface area contributed by atoms with Gasteiger partial charge in [0.2, 0.25) is 10.0 Å². The van der Waals surface area contributed by atoms with Gasteiger partial charge in [-0.1, -0.05) is 11.8 Å². The van der Waals surface area contributed by atoms with Crippen LogP contribution in [0.5, 0.6) is 0 Å². The third-order valence-corrected chi connectivity index (χ3v) is 3.05. The summed E-state index contributed by atoms with van der Waals surface area (Å²) in [7, 11) is -3.64. The van der Waals surface area contributed by atoms with Gasteiger partial charge >= 0.3 is 0 Å². The monoisotopic (exact) mass is 245 g/mol. The summed E-state index contributed by atoms with van der Waals surface area (Å²) in [6.07, 6.45) is 1.80. The maximum absolute atomic E-state index is 10.9. The Kier molecular flexibility index (Phi) is 3.72. The summed E-state index contributed by atoms with van der Waals surface area (Å²) in [4.78, 5) is 4.08. The van der Waals surface area contributed by atoms with Crippen LogP contribution in [-0.2, 0) is 10.0 Å². The Balaban J connectivity index is 3.01. The number of nitrogens with zero attached hydrogens (tertiary/aromatic N) is 1. The maximum atomic E-state index is 10.9. The Morgan fingerprint density at radius 3 is 2.27 bits per heavy atom. The van der Waals surface area contributed by atoms with Gasteiger partial charge in [0.05, 0.1) is 10.6 Å². The lowest BCUT2D eigenvalue weighted by atomic mass is 10.3. The van der Waals surface area contributed by atoms with Gasteiger partial charge in [0, 0.05) is 0 Å². The normalized spacial score (nSPS) is 12.8. The van der Waals surface area contributed by atoms with Crippen molar-refractivity contribution in [1.29, 1.82) is 0 Å². The zero-order chi connectivity index (χ0) is 11.5. The largest absolute Gasteiger partial charge is 0.378 e. The maximum Gasteiger partial charge on any atom is 0.238 e. The van der Waals surface area contributed by atoms with Crippen molar-refractivity contribution >= 4 is 32.6 Å². The number of hydrogen-bond acceptors (Lipinski definition) is 4. The average molecular weight is 245 g/mol. The van der Waals surface area contributed by atoms with E-state index in [9.17, 15) is 8.42 Å². The quantitative estimate of drug-likeness (QED) is 0.590. The molecule has 0 bridgehead atoms. The summed E-state index contributed by atoms with van der Waals surface area (Å²) >= 11 is 1.31. The van der Waals surface area contributed by atoms with Crippen molar-refractivity contribution in [1.82, 2.24) is 0 Å². The Labute approximate surface area is 92.6 Å². The topological polar surface area (TPSA) is 98.5 Å². The van der Waals surface area contributed by atoms with E-state index in [0.29, 0.717) is 10.9 Å². The summed E-state index contributed by atoms with van der Waals surface area (Å²) in [6, 6.07) is 5.87. The van der Waals surface area contributed by atoms with E-state index in [1.54, 1.807) is 18.4 Å². The van der Waals surface area contributed by atoms with Crippen molar-refractivity contribution in [2.45, 2.75) is 4.90 Å². The predicted octanol–water partition coefficient (Wildman–Crippen LogP) is 0.643. The summed E-state index contributed by atoms with van der Waals surface area (Å²) < 4.78 is 21.9. The molecule has 0 aliphatic heterocycles. The molecule has 0 aliphatic carbocycles. The van der Waals surface area contributed by atoms with Gasteiger partial charge in [-0.2, -0.15) is 0 Å². The molecule has 0 radical (unpaired) electrons. The number of primary sulfonamides is 1. The number of hydrogen-bond donors (Lipinski definition) is 2. The van der Waals surface area contributed by atoms with E-state index in [1.165, 1.54) is 23.9 Å². The molecule has 15 heavy (non-hydrogen) atoms. The molecule has 5 nitrogen and oxygen atoms in total. The van der Waals surface area contributed by atoms with E-state index in [0.717, 1.165) is 0 Å². The molecule has 0 saturated carbocycles. The average Bonchev–Trinajstić information content (AvgIpc) is 2.17. The highest BCUT2D eigenvalue weighted by Crippen LogP contribution is 2.16. The number of sulfonamides is 1. The first-order chi connectivity index (χ1) is 6.93. The van der Waals surface area contributed by atoms with Crippen LogP contribution < -0.4 is 10.9 Å². The summed E-state index contributed by atoms with van der Waals surface area (Å²) in [6.45, 7) is 0. The molecular weight excluding hydrogens is 234 g/mol. The van der Waals surface area contributed by atoms with Gasteiger partial charge in [-0.05, 0) is 30.5 Å². The highest BCUT2D eigenvalue weighted by molar-refractivity contribution is 8.13. The van der Waals surface area contributed by atoms with Gasteiger partial charge in [-0.15, -0.1) is 0 Å². The molecule has 7 heteroatoms. The van der Waals surface area contributed by atoms with Crippen molar-refractivity contribution in [2.75, 3.05) is 6.26 Å². The fourth-order valence-corrected chi connectivity index (χ4v) is 1.60. The number of amidine groups is 1. The van der Waals surface area contributed by atoms with Crippen LogP contribution in [0.1, 0.15) is 0 Å². The third-order valence-electron chi connectivity index (χ3n) is 1.61. The fourth-order valence-electron chi connectivity index (χ4n) is 0.883. The first-order valence-corrected chi connectivity index (χ1v) is 6.71. The second-order valence-electron chi connectivity index (χ2n) is 2.69. The summed E-state index contributed by atoms with van der Waals surface area (Å²) in [5.41, 5.74) is 6.09. The molecule has 1 aromatic carbocycles. The summed E-state index contributed by atoms with van der Waals surface area (Å²) in [5.74, 6) is 0. The SMILES string of the molecule is CSC(N)=Nc1ccc(S(N)(=O)=O)cc1. The Bertz CT molecular complexity index is 465. The highest BCUT2D eigenvalue weighted by atomic mass is 32.2. The van der Waals surface area contributed by atoms with Gasteiger partial charge < -0.3 is 5.73 Å². The number of aliphatic imine (C=N–C) groups is 1. The molecule has 0 spiro atoms. The number of nitrogens with two attached hydrogens (primary N) is 2. The van der Waals surface area contributed by atoms with Crippen molar-refractivity contribution in [3.8, 4) is 0 Å². The zero-order valence-electron chi connectivity index (χ0n) is 8.04. The van der Waals surface area contributed by atoms with Crippen LogP contribution in [0.25, 0.3) is 0 Å². The Morgan fingerprint density at radius 2 is 1.87 bits per heavy atom. The standard InChI is InChI=1S/C8H11N3O2S2/c1-14-8(9)11-6-2-4-7(5-3-6)15(10,12)13/h2-5H,1H3,(H2,9,11)(H2,10,12,13). The smallest absolute Gasteiger partial charge is 0.238 e. The molecule has 0 aliphatic rings. The number of benzene rings is 1. The number of rotatable bonds is 2. The van der Waals surface area contributed by atoms with Crippen molar-refractivity contribution < 1.29 is 8.42 Å². The van der Waals surface area contributed by atoms with Gasteiger partial charge in [-0.25, -0.2) is 18.5 Å². The molecule has 1 aromatic rings. The van der Waals surface area contributed by atoms with Crippen LogP contribution in [-0.4, -0.2) is 19.8 Å². The molecule has 0 amide bonds. The molecule has 82 valence electrons. The molecular formula is C8H11N3O2S2.